The zero-order chi connectivity index (χ0) is 9.78. The molecular weight excluding hydrogens is 603 g/mol. The standard InChI is InChI=1S/C8H16NO3.5Y/c1-6(5-10)9-7(11)12-8(2,3)4;;;;;/h6,10H,1,5H2,2-4H3,(H,9,11);;;;;/q-1;;;;;. The zero-order valence-electron chi connectivity index (χ0n) is 10.6. The van der Waals surface area contributed by atoms with E-state index in [-0.39, 0.29) is 170 Å². The zero-order valence-corrected chi connectivity index (χ0v) is 24.8. The average molecular weight is 619 g/mol. The topological polar surface area (TPSA) is 58.6 Å². The van der Waals surface area contributed by atoms with Gasteiger partial charge in [0, 0.05) is 170 Å². The predicted molar refractivity (Wildman–Crippen MR) is 45.6 cm³/mol. The summed E-state index contributed by atoms with van der Waals surface area (Å²) in [6.45, 7) is 8.57. The number of aliphatic hydroxyl groups is 1. The minimum atomic E-state index is -0.559. The van der Waals surface area contributed by atoms with E-state index < -0.39 is 17.7 Å². The Morgan fingerprint density at radius 1 is 1.24 bits per heavy atom. The van der Waals surface area contributed by atoms with Crippen LogP contribution < -0.4 is 5.32 Å². The molecule has 0 aromatic heterocycles. The predicted octanol–water partition coefficient (Wildman–Crippen LogP) is 0.694. The summed E-state index contributed by atoms with van der Waals surface area (Å²) in [5, 5.41) is 10.9. The number of carbonyl (C=O) groups excluding carboxylic acids is 1. The summed E-state index contributed by atoms with van der Waals surface area (Å²) in [7, 11) is 0. The van der Waals surface area contributed by atoms with Crippen molar-refractivity contribution in [1.29, 1.82) is 0 Å². The van der Waals surface area contributed by atoms with E-state index in [1.165, 1.54) is 0 Å². The van der Waals surface area contributed by atoms with E-state index in [0.29, 0.717) is 0 Å². The Morgan fingerprint density at radius 3 is 1.82 bits per heavy atom. The molecule has 17 heavy (non-hydrogen) atoms. The van der Waals surface area contributed by atoms with Gasteiger partial charge in [-0.3, -0.25) is 0 Å². The summed E-state index contributed by atoms with van der Waals surface area (Å²) in [5.41, 5.74) is -0.515. The van der Waals surface area contributed by atoms with Gasteiger partial charge in [-0.1, -0.05) is 6.04 Å². The number of ether oxygens (including phenoxy) is 1. The largest absolute Gasteiger partial charge is 0.444 e. The average Bonchev–Trinajstić information content (AvgIpc) is 1.82. The van der Waals surface area contributed by atoms with Crippen LogP contribution in [-0.2, 0) is 168 Å². The monoisotopic (exact) mass is 619 g/mol. The molecule has 2 N–H and O–H groups in total. The molecule has 0 aliphatic rings. The van der Waals surface area contributed by atoms with Gasteiger partial charge in [-0.05, 0) is 20.8 Å². The molecule has 0 aromatic rings. The van der Waals surface area contributed by atoms with E-state index in [2.05, 4.69) is 12.2 Å². The molecule has 5 radical (unpaired) electrons. The number of amides is 1. The molecule has 87 valence electrons. The number of rotatable bonds is 2. The van der Waals surface area contributed by atoms with Crippen molar-refractivity contribution in [3.05, 3.63) is 6.92 Å². The molecule has 0 heterocycles. The first-order valence-corrected chi connectivity index (χ1v) is 3.78. The normalized spacial score (nSPS) is 9.71. The van der Waals surface area contributed by atoms with Gasteiger partial charge >= 0.3 is 6.09 Å². The molecule has 0 bridgehead atoms. The first kappa shape index (κ1) is 37.8. The molecule has 1 atom stereocenters. The van der Waals surface area contributed by atoms with Crippen molar-refractivity contribution >= 4 is 6.09 Å². The third kappa shape index (κ3) is 29.4. The number of alkyl carbamates (subject to hydrolysis) is 1. The quantitative estimate of drug-likeness (QED) is 0.449. The Balaban J connectivity index is -0.0000000605. The van der Waals surface area contributed by atoms with Crippen molar-refractivity contribution in [2.45, 2.75) is 32.4 Å². The van der Waals surface area contributed by atoms with Crippen molar-refractivity contribution in [2.75, 3.05) is 6.61 Å². The van der Waals surface area contributed by atoms with Crippen molar-refractivity contribution in [1.82, 2.24) is 5.32 Å². The van der Waals surface area contributed by atoms with Gasteiger partial charge in [0.25, 0.3) is 0 Å². The molecule has 0 rings (SSSR count). The third-order valence-corrected chi connectivity index (χ3v) is 0.941. The van der Waals surface area contributed by atoms with E-state index in [1.54, 1.807) is 20.8 Å². The molecule has 0 saturated carbocycles. The smallest absolute Gasteiger partial charge is 0.405 e. The fourth-order valence-electron chi connectivity index (χ4n) is 0.520. The maximum absolute atomic E-state index is 10.9. The Bertz CT molecular complexity index is 166. The summed E-state index contributed by atoms with van der Waals surface area (Å²) in [4.78, 5) is 10.9. The molecule has 1 unspecified atom stereocenters. The van der Waals surface area contributed by atoms with Crippen LogP contribution in [0.4, 0.5) is 4.79 Å². The second-order valence-corrected chi connectivity index (χ2v) is 3.53. The second-order valence-electron chi connectivity index (χ2n) is 3.53. The second kappa shape index (κ2) is 20.7. The van der Waals surface area contributed by atoms with Gasteiger partial charge in [-0.15, -0.1) is 0 Å². The fourth-order valence-corrected chi connectivity index (χ4v) is 0.520. The van der Waals surface area contributed by atoms with Crippen molar-refractivity contribution < 1.29 is 178 Å². The first-order chi connectivity index (χ1) is 5.35. The van der Waals surface area contributed by atoms with Crippen LogP contribution in [0.2, 0.25) is 0 Å². The molecule has 0 fully saturated rings. The Morgan fingerprint density at radius 2 is 1.59 bits per heavy atom. The summed E-state index contributed by atoms with van der Waals surface area (Å²) in [6, 6.07) is -0.514. The van der Waals surface area contributed by atoms with Crippen LogP contribution in [0.1, 0.15) is 20.8 Å². The summed E-state index contributed by atoms with van der Waals surface area (Å²) < 4.78 is 4.91. The van der Waals surface area contributed by atoms with Crippen LogP contribution in [-0.4, -0.2) is 29.4 Å². The van der Waals surface area contributed by atoms with Gasteiger partial charge in [0.1, 0.15) is 5.60 Å². The van der Waals surface area contributed by atoms with Gasteiger partial charge in [-0.2, -0.15) is 0 Å². The van der Waals surface area contributed by atoms with Crippen molar-refractivity contribution in [3.8, 4) is 0 Å². The van der Waals surface area contributed by atoms with Crippen LogP contribution in [0, 0.1) is 6.92 Å². The van der Waals surface area contributed by atoms with E-state index in [1.807, 2.05) is 0 Å². The van der Waals surface area contributed by atoms with Gasteiger partial charge in [0.15, 0.2) is 0 Å². The molecule has 0 spiro atoms. The summed E-state index contributed by atoms with van der Waals surface area (Å²) >= 11 is 0. The molecule has 0 aliphatic carbocycles. The van der Waals surface area contributed by atoms with Crippen LogP contribution in [0.5, 0.6) is 0 Å². The number of aliphatic hydroxyl groups excluding tert-OH is 1. The van der Waals surface area contributed by atoms with Crippen LogP contribution in [0.3, 0.4) is 0 Å². The van der Waals surface area contributed by atoms with Crippen LogP contribution in [0.25, 0.3) is 0 Å². The molecular formula is C8H16NO3Y5-. The van der Waals surface area contributed by atoms with Gasteiger partial charge in [0.05, 0.1) is 0 Å². The maximum atomic E-state index is 10.9. The van der Waals surface area contributed by atoms with E-state index >= 15 is 0 Å². The van der Waals surface area contributed by atoms with Crippen molar-refractivity contribution in [2.24, 2.45) is 0 Å². The SMILES string of the molecule is [CH2-]C(CO)NC(=O)OC(C)(C)C.[Y].[Y].[Y].[Y].[Y]. The summed E-state index contributed by atoms with van der Waals surface area (Å²) in [6.07, 6.45) is -0.559. The molecule has 9 heteroatoms. The number of carbonyl (C=O) groups is 1. The fraction of sp³-hybridized carbons (Fsp3) is 0.750. The Kier molecular flexibility index (Phi) is 46.1. The third-order valence-electron chi connectivity index (χ3n) is 0.941. The Labute approximate surface area is 230 Å². The van der Waals surface area contributed by atoms with Crippen molar-refractivity contribution in [3.63, 3.8) is 0 Å². The molecule has 1 amide bonds. The molecule has 0 saturated heterocycles. The van der Waals surface area contributed by atoms with E-state index in [9.17, 15) is 4.79 Å². The van der Waals surface area contributed by atoms with Gasteiger partial charge in [0.2, 0.25) is 0 Å². The molecule has 4 nitrogen and oxygen atoms in total. The van der Waals surface area contributed by atoms with E-state index in [0.717, 1.165) is 0 Å². The van der Waals surface area contributed by atoms with Gasteiger partial charge < -0.3 is 22.1 Å². The number of hydrogen-bond donors (Lipinski definition) is 2. The van der Waals surface area contributed by atoms with E-state index in [4.69, 9.17) is 9.84 Å². The number of hydrogen-bond acceptors (Lipinski definition) is 3. The van der Waals surface area contributed by atoms with Crippen LogP contribution >= 0.6 is 0 Å². The van der Waals surface area contributed by atoms with Crippen LogP contribution in [0.15, 0.2) is 0 Å². The summed E-state index contributed by atoms with van der Waals surface area (Å²) in [5.74, 6) is 0. The Hall–Kier alpha value is 4.75. The maximum Gasteiger partial charge on any atom is 0.405 e. The minimum absolute atomic E-state index is 0. The van der Waals surface area contributed by atoms with Gasteiger partial charge in [-0.25, -0.2) is 4.79 Å². The first-order valence-electron chi connectivity index (χ1n) is 3.78. The number of nitrogens with one attached hydrogen (secondary N) is 1. The molecule has 0 aliphatic heterocycles. The minimum Gasteiger partial charge on any atom is -0.444 e. The molecule has 0 aromatic carbocycles.